The van der Waals surface area contributed by atoms with Gasteiger partial charge in [0.2, 0.25) is 5.91 Å². The Morgan fingerprint density at radius 3 is 2.95 bits per heavy atom. The zero-order valence-corrected chi connectivity index (χ0v) is 11.0. The number of hydrogen-bond acceptors (Lipinski definition) is 4. The van der Waals surface area contributed by atoms with E-state index in [9.17, 15) is 10.1 Å². The summed E-state index contributed by atoms with van der Waals surface area (Å²) >= 11 is 0. The minimum absolute atomic E-state index is 0.0698. The van der Waals surface area contributed by atoms with Crippen LogP contribution in [0.1, 0.15) is 12.5 Å². The number of carbonyl (C=O) groups is 1. The highest BCUT2D eigenvalue weighted by atomic mass is 16.2. The number of nitrogens with one attached hydrogen (secondary N) is 1. The van der Waals surface area contributed by atoms with Crippen molar-refractivity contribution in [1.82, 2.24) is 5.32 Å². The van der Waals surface area contributed by atoms with Crippen LogP contribution in [-0.4, -0.2) is 31.6 Å². The lowest BCUT2D eigenvalue weighted by molar-refractivity contribution is -0.121. The van der Waals surface area contributed by atoms with Gasteiger partial charge in [-0.15, -0.1) is 0 Å². The molecular formula is C14H18N4O. The summed E-state index contributed by atoms with van der Waals surface area (Å²) in [5, 5.41) is 12.1. The number of para-hydroxylation sites is 1. The fourth-order valence-electron chi connectivity index (χ4n) is 2.38. The van der Waals surface area contributed by atoms with Crippen LogP contribution in [-0.2, 0) is 4.79 Å². The van der Waals surface area contributed by atoms with Crippen LogP contribution in [0.25, 0.3) is 0 Å². The zero-order valence-electron chi connectivity index (χ0n) is 11.0. The van der Waals surface area contributed by atoms with Crippen molar-refractivity contribution >= 4 is 11.6 Å². The van der Waals surface area contributed by atoms with E-state index in [1.54, 1.807) is 6.07 Å². The van der Waals surface area contributed by atoms with Crippen molar-refractivity contribution in [3.05, 3.63) is 29.8 Å². The van der Waals surface area contributed by atoms with Gasteiger partial charge in [-0.05, 0) is 18.1 Å². The van der Waals surface area contributed by atoms with E-state index in [0.717, 1.165) is 5.69 Å². The van der Waals surface area contributed by atoms with Crippen molar-refractivity contribution in [1.29, 1.82) is 5.26 Å². The van der Waals surface area contributed by atoms with Gasteiger partial charge in [0.1, 0.15) is 12.1 Å². The van der Waals surface area contributed by atoms with Crippen LogP contribution in [0.2, 0.25) is 0 Å². The number of carbonyl (C=O) groups excluding carboxylic acids is 1. The van der Waals surface area contributed by atoms with Crippen LogP contribution < -0.4 is 16.0 Å². The molecule has 0 bridgehead atoms. The molecule has 19 heavy (non-hydrogen) atoms. The van der Waals surface area contributed by atoms with E-state index >= 15 is 0 Å². The van der Waals surface area contributed by atoms with E-state index in [0.29, 0.717) is 24.6 Å². The second-order valence-corrected chi connectivity index (χ2v) is 4.88. The number of rotatable bonds is 2. The number of nitriles is 1. The van der Waals surface area contributed by atoms with Crippen LogP contribution in [0.5, 0.6) is 0 Å². The third-order valence-electron chi connectivity index (χ3n) is 3.37. The fraction of sp³-hybridized carbons (Fsp3) is 0.429. The SMILES string of the molecule is CC1CNC(=O)C(CN)N(c2ccccc2C#N)C1. The summed E-state index contributed by atoms with van der Waals surface area (Å²) in [5.74, 6) is 0.242. The zero-order chi connectivity index (χ0) is 13.8. The molecule has 5 nitrogen and oxygen atoms in total. The largest absolute Gasteiger partial charge is 0.357 e. The summed E-state index contributed by atoms with van der Waals surface area (Å²) < 4.78 is 0. The number of hydrogen-bond donors (Lipinski definition) is 2. The molecule has 0 aliphatic carbocycles. The highest BCUT2D eigenvalue weighted by Gasteiger charge is 2.30. The molecule has 1 aliphatic heterocycles. The van der Waals surface area contributed by atoms with E-state index in [1.165, 1.54) is 0 Å². The van der Waals surface area contributed by atoms with Crippen molar-refractivity contribution < 1.29 is 4.79 Å². The Hall–Kier alpha value is -2.06. The van der Waals surface area contributed by atoms with Gasteiger partial charge >= 0.3 is 0 Å². The van der Waals surface area contributed by atoms with Crippen LogP contribution in [0.3, 0.4) is 0 Å². The summed E-state index contributed by atoms with van der Waals surface area (Å²) in [5.41, 5.74) is 7.10. The van der Waals surface area contributed by atoms with Crippen LogP contribution in [0.15, 0.2) is 24.3 Å². The third-order valence-corrected chi connectivity index (χ3v) is 3.37. The highest BCUT2D eigenvalue weighted by molar-refractivity contribution is 5.86. The minimum Gasteiger partial charge on any atom is -0.357 e. The average molecular weight is 258 g/mol. The van der Waals surface area contributed by atoms with E-state index in [-0.39, 0.29) is 12.5 Å². The second-order valence-electron chi connectivity index (χ2n) is 4.88. The smallest absolute Gasteiger partial charge is 0.244 e. The molecule has 0 aromatic heterocycles. The summed E-state index contributed by atoms with van der Waals surface area (Å²) in [7, 11) is 0. The van der Waals surface area contributed by atoms with Crippen molar-refractivity contribution in [3.8, 4) is 6.07 Å². The maximum absolute atomic E-state index is 12.1. The van der Waals surface area contributed by atoms with Crippen molar-refractivity contribution in [2.45, 2.75) is 13.0 Å². The van der Waals surface area contributed by atoms with Gasteiger partial charge in [0.15, 0.2) is 0 Å². The number of amides is 1. The topological polar surface area (TPSA) is 82.2 Å². The Labute approximate surface area is 113 Å². The molecular weight excluding hydrogens is 240 g/mol. The molecule has 0 spiro atoms. The summed E-state index contributed by atoms with van der Waals surface area (Å²) in [4.78, 5) is 14.0. The van der Waals surface area contributed by atoms with E-state index in [4.69, 9.17) is 5.73 Å². The molecule has 5 heteroatoms. The summed E-state index contributed by atoms with van der Waals surface area (Å²) in [6.07, 6.45) is 0. The normalized spacial score (nSPS) is 23.4. The molecule has 2 rings (SSSR count). The number of nitrogens with two attached hydrogens (primary N) is 1. The van der Waals surface area contributed by atoms with Gasteiger partial charge in [-0.3, -0.25) is 4.79 Å². The lowest BCUT2D eigenvalue weighted by atomic mass is 10.1. The van der Waals surface area contributed by atoms with Crippen molar-refractivity contribution in [2.24, 2.45) is 11.7 Å². The molecule has 1 heterocycles. The Morgan fingerprint density at radius 2 is 2.26 bits per heavy atom. The first-order valence-electron chi connectivity index (χ1n) is 6.41. The molecule has 0 saturated carbocycles. The van der Waals surface area contributed by atoms with Gasteiger partial charge in [-0.1, -0.05) is 19.1 Å². The first kappa shape index (κ1) is 13.4. The van der Waals surface area contributed by atoms with Crippen LogP contribution >= 0.6 is 0 Å². The molecule has 1 aromatic carbocycles. The molecule has 3 N–H and O–H groups in total. The van der Waals surface area contributed by atoms with Gasteiger partial charge in [0, 0.05) is 19.6 Å². The molecule has 2 unspecified atom stereocenters. The molecule has 1 saturated heterocycles. The van der Waals surface area contributed by atoms with E-state index in [2.05, 4.69) is 18.3 Å². The lowest BCUT2D eigenvalue weighted by Gasteiger charge is -2.31. The third kappa shape index (κ3) is 2.69. The number of anilines is 1. The van der Waals surface area contributed by atoms with Gasteiger partial charge in [0.05, 0.1) is 11.3 Å². The van der Waals surface area contributed by atoms with Gasteiger partial charge in [0.25, 0.3) is 0 Å². The molecule has 1 aliphatic rings. The number of nitrogens with zero attached hydrogens (tertiary/aromatic N) is 2. The van der Waals surface area contributed by atoms with Gasteiger partial charge in [-0.25, -0.2) is 0 Å². The number of benzene rings is 1. The van der Waals surface area contributed by atoms with E-state index in [1.807, 2.05) is 23.1 Å². The van der Waals surface area contributed by atoms with E-state index < -0.39 is 6.04 Å². The Morgan fingerprint density at radius 1 is 1.53 bits per heavy atom. The summed E-state index contributed by atoms with van der Waals surface area (Å²) in [6.45, 7) is 3.65. The van der Waals surface area contributed by atoms with Crippen molar-refractivity contribution in [3.63, 3.8) is 0 Å². The first-order chi connectivity index (χ1) is 9.17. The van der Waals surface area contributed by atoms with Gasteiger partial charge < -0.3 is 16.0 Å². The molecule has 100 valence electrons. The van der Waals surface area contributed by atoms with Crippen LogP contribution in [0, 0.1) is 17.2 Å². The molecule has 0 radical (unpaired) electrons. The highest BCUT2D eigenvalue weighted by Crippen LogP contribution is 2.24. The maximum atomic E-state index is 12.1. The monoisotopic (exact) mass is 258 g/mol. The predicted molar refractivity (Wildman–Crippen MR) is 73.5 cm³/mol. The van der Waals surface area contributed by atoms with Gasteiger partial charge in [-0.2, -0.15) is 5.26 Å². The standard InChI is InChI=1S/C14H18N4O/c1-10-8-17-14(19)13(7-16)18(9-10)12-5-3-2-4-11(12)6-15/h2-5,10,13H,7-9,16H2,1H3,(H,17,19). The lowest BCUT2D eigenvalue weighted by Crippen LogP contribution is -2.49. The summed E-state index contributed by atoms with van der Waals surface area (Å²) in [6, 6.07) is 9.08. The van der Waals surface area contributed by atoms with Crippen molar-refractivity contribution in [2.75, 3.05) is 24.5 Å². The quantitative estimate of drug-likeness (QED) is 0.807. The van der Waals surface area contributed by atoms with Crippen LogP contribution in [0.4, 0.5) is 5.69 Å². The first-order valence-corrected chi connectivity index (χ1v) is 6.41. The minimum atomic E-state index is -0.417. The Bertz CT molecular complexity index is 508. The maximum Gasteiger partial charge on any atom is 0.244 e. The molecule has 2 atom stereocenters. The molecule has 1 fully saturated rings. The Balaban J connectivity index is 2.43. The average Bonchev–Trinajstić information content (AvgIpc) is 2.58. The molecule has 1 aromatic rings. The fourth-order valence-corrected chi connectivity index (χ4v) is 2.38. The molecule has 1 amide bonds. The second kappa shape index (κ2) is 5.72. The predicted octanol–water partition coefficient (Wildman–Crippen LogP) is 0.458. The Kier molecular flexibility index (Phi) is 4.03.